The number of rotatable bonds is 6. The van der Waals surface area contributed by atoms with Crippen LogP contribution >= 0.6 is 32.6 Å². The Balaban J connectivity index is 1.74. The second-order valence-electron chi connectivity index (χ2n) is 10.4. The molecule has 1 amide bonds. The van der Waals surface area contributed by atoms with Crippen LogP contribution in [0.15, 0.2) is 21.5 Å². The highest BCUT2D eigenvalue weighted by atomic mass is 127. The molecule has 5 rings (SSSR count). The highest BCUT2D eigenvalue weighted by Crippen LogP contribution is 2.53. The first-order valence-corrected chi connectivity index (χ1v) is 15.2. The summed E-state index contributed by atoms with van der Waals surface area (Å²) >= 11 is 5.17. The van der Waals surface area contributed by atoms with Crippen LogP contribution in [0.5, 0.6) is 0 Å². The molecule has 2 aromatic rings. The molecule has 7 nitrogen and oxygen atoms in total. The number of nitrogens with one attached hydrogen (secondary N) is 1. The third kappa shape index (κ3) is 4.45. The van der Waals surface area contributed by atoms with Gasteiger partial charge in [0.05, 0.1) is 62.7 Å². The highest BCUT2D eigenvalue weighted by molar-refractivity contribution is 14.2. The van der Waals surface area contributed by atoms with Crippen molar-refractivity contribution in [1.82, 2.24) is 19.5 Å². The van der Waals surface area contributed by atoms with E-state index in [0.717, 1.165) is 31.7 Å². The zero-order valence-electron chi connectivity index (χ0n) is 20.1. The monoisotopic (exact) mass is 655 g/mol. The van der Waals surface area contributed by atoms with Gasteiger partial charge < -0.3 is 0 Å². The fourth-order valence-corrected chi connectivity index (χ4v) is 8.31. The van der Waals surface area contributed by atoms with Crippen LogP contribution in [0.4, 0.5) is 13.2 Å². The molecule has 1 aromatic carbocycles. The van der Waals surface area contributed by atoms with Crippen LogP contribution < -0.4 is 4.72 Å². The Kier molecular flexibility index (Phi) is 6.44. The van der Waals surface area contributed by atoms with Crippen molar-refractivity contribution in [2.75, 3.05) is 0 Å². The van der Waals surface area contributed by atoms with E-state index in [0.29, 0.717) is 20.5 Å². The average Bonchev–Trinajstić information content (AvgIpc) is 3.68. The van der Waals surface area contributed by atoms with Gasteiger partial charge in [0.2, 0.25) is 0 Å². The molecule has 2 saturated carbocycles. The van der Waals surface area contributed by atoms with Gasteiger partial charge in [-0.15, -0.1) is 3.25 Å². The molecule has 2 aliphatic carbocycles. The van der Waals surface area contributed by atoms with E-state index < -0.39 is 59.1 Å². The van der Waals surface area contributed by atoms with Crippen LogP contribution in [0.25, 0.3) is 0 Å². The quantitative estimate of drug-likeness (QED) is 0.409. The average molecular weight is 656 g/mol. The molecule has 1 aliphatic heterocycles. The first kappa shape index (κ1) is 26.2. The van der Waals surface area contributed by atoms with E-state index in [4.69, 9.17) is 11.6 Å². The molecule has 36 heavy (non-hydrogen) atoms. The zero-order chi connectivity index (χ0) is 26.2. The molecule has 1 N–H and O–H groups in total. The molecule has 2 atom stereocenters. The van der Waals surface area contributed by atoms with E-state index in [1.54, 1.807) is 16.7 Å². The summed E-state index contributed by atoms with van der Waals surface area (Å²) in [6.45, 7) is 5.47. The summed E-state index contributed by atoms with van der Waals surface area (Å²) < 4.78 is 63.7. The molecular formula is C23H26ClF3IN5O2S. The molecule has 196 valence electrons. The van der Waals surface area contributed by atoms with Crippen molar-refractivity contribution in [3.05, 3.63) is 49.3 Å². The lowest BCUT2D eigenvalue weighted by Gasteiger charge is -2.38. The Morgan fingerprint density at radius 2 is 1.83 bits per heavy atom. The van der Waals surface area contributed by atoms with Crippen molar-refractivity contribution in [3.63, 3.8) is 0 Å². The van der Waals surface area contributed by atoms with Gasteiger partial charge in [0.1, 0.15) is 5.54 Å². The van der Waals surface area contributed by atoms with Crippen molar-refractivity contribution in [2.45, 2.75) is 69.0 Å². The summed E-state index contributed by atoms with van der Waals surface area (Å²) in [4.78, 5) is 13.3. The second kappa shape index (κ2) is 8.84. The van der Waals surface area contributed by atoms with E-state index in [1.165, 1.54) is 12.1 Å². The van der Waals surface area contributed by atoms with Gasteiger partial charge in [-0.2, -0.15) is 18.3 Å². The Morgan fingerprint density at radius 3 is 2.36 bits per heavy atom. The lowest BCUT2D eigenvalue weighted by molar-refractivity contribution is -0.137. The van der Waals surface area contributed by atoms with Crippen molar-refractivity contribution in [2.24, 2.45) is 16.2 Å². The third-order valence-corrected chi connectivity index (χ3v) is 10.7. The number of aromatic nitrogens is 2. The summed E-state index contributed by atoms with van der Waals surface area (Å²) in [5.74, 6) is -0.330. The lowest BCUT2D eigenvalue weighted by Crippen LogP contribution is -2.52. The van der Waals surface area contributed by atoms with Gasteiger partial charge in [0.15, 0.2) is 5.69 Å². The molecule has 0 saturated heterocycles. The number of hydrogen-bond donors (Lipinski definition) is 1. The van der Waals surface area contributed by atoms with Gasteiger partial charge in [-0.3, -0.25) is 9.48 Å². The van der Waals surface area contributed by atoms with Crippen LogP contribution in [-0.4, -0.2) is 35.7 Å². The number of benzene rings is 1. The first-order chi connectivity index (χ1) is 16.7. The molecule has 1 aromatic heterocycles. The molecule has 2 fully saturated rings. The largest absolute Gasteiger partial charge is 0.417 e. The topological polar surface area (TPSA) is 79.6 Å². The summed E-state index contributed by atoms with van der Waals surface area (Å²) in [7, 11) is 0.125. The Labute approximate surface area is 224 Å². The Morgan fingerprint density at radius 1 is 1.17 bits per heavy atom. The van der Waals surface area contributed by atoms with Gasteiger partial charge in [-0.05, 0) is 70.1 Å². The van der Waals surface area contributed by atoms with Crippen LogP contribution in [0.3, 0.4) is 0 Å². The number of alkyl halides is 3. The number of carbonyl (C=O) groups is 1. The van der Waals surface area contributed by atoms with Crippen LogP contribution in [0.1, 0.15) is 73.8 Å². The SMILES string of the molecule is Cn1nc2c(c1C(NS(=O)C(C)(C)C)(c1ccc(C(F)(F)F)c(Cl)c1)C1CC1)I=NN(C1CC1)C2=O. The summed E-state index contributed by atoms with van der Waals surface area (Å²) in [6, 6.07) is 3.80. The van der Waals surface area contributed by atoms with Gasteiger partial charge in [0.25, 0.3) is 5.91 Å². The molecule has 2 unspecified atom stereocenters. The number of aryl methyl sites for hydroxylation is 1. The summed E-state index contributed by atoms with van der Waals surface area (Å²) in [5.41, 5.74) is -0.660. The minimum atomic E-state index is -4.60. The van der Waals surface area contributed by atoms with Crippen molar-refractivity contribution in [3.8, 4) is 0 Å². The number of amides is 1. The van der Waals surface area contributed by atoms with Crippen molar-refractivity contribution in [1.29, 1.82) is 0 Å². The molecule has 0 spiro atoms. The van der Waals surface area contributed by atoms with Gasteiger partial charge in [-0.25, -0.2) is 13.9 Å². The number of hydrogen-bond acceptors (Lipinski definition) is 4. The Hall–Kier alpha value is -1.38. The highest BCUT2D eigenvalue weighted by Gasteiger charge is 2.54. The van der Waals surface area contributed by atoms with E-state index in [2.05, 4.69) is 13.1 Å². The molecule has 0 radical (unpaired) electrons. The van der Waals surface area contributed by atoms with E-state index >= 15 is 0 Å². The standard InChI is InChI=1S/C23H26ClF3IN5O2S/c1-21(2,3)36(35)30-22(12-5-6-12,13-7-10-15(16(24)11-13)23(25,26)27)19-17-18(29-32(19)4)20(34)33(31-28-17)14-8-9-14/h7,10-12,14,30H,5-6,8-9H2,1-4H3. The molecule has 13 heteroatoms. The second-order valence-corrected chi connectivity index (χ2v) is 14.8. The predicted molar refractivity (Wildman–Crippen MR) is 139 cm³/mol. The first-order valence-electron chi connectivity index (χ1n) is 11.6. The fraction of sp³-hybridized carbons (Fsp3) is 0.565. The van der Waals surface area contributed by atoms with Gasteiger partial charge in [-0.1, -0.05) is 17.7 Å². The maximum atomic E-state index is 13.6. The third-order valence-electron chi connectivity index (χ3n) is 6.60. The number of fused-ring (bicyclic) bond motifs is 1. The number of carbonyl (C=O) groups excluding carboxylic acids is 1. The minimum absolute atomic E-state index is 0.0725. The van der Waals surface area contributed by atoms with Crippen LogP contribution in [-0.2, 0) is 29.7 Å². The minimum Gasteiger partial charge on any atom is -0.268 e. The van der Waals surface area contributed by atoms with E-state index in [9.17, 15) is 22.2 Å². The van der Waals surface area contributed by atoms with Crippen molar-refractivity contribution >= 4 is 49.5 Å². The zero-order valence-corrected chi connectivity index (χ0v) is 23.8. The summed E-state index contributed by atoms with van der Waals surface area (Å²) in [5, 5.41) is 5.70. The maximum absolute atomic E-state index is 13.6. The Bertz CT molecular complexity index is 1300. The van der Waals surface area contributed by atoms with Gasteiger partial charge >= 0.3 is 6.18 Å². The number of halogens is 5. The van der Waals surface area contributed by atoms with Crippen LogP contribution in [0.2, 0.25) is 5.02 Å². The predicted octanol–water partition coefficient (Wildman–Crippen LogP) is 5.65. The van der Waals surface area contributed by atoms with Crippen LogP contribution in [0, 0.1) is 9.49 Å². The molecule has 3 aliphatic rings. The summed E-state index contributed by atoms with van der Waals surface area (Å²) in [6.07, 6.45) is -1.24. The van der Waals surface area contributed by atoms with Crippen molar-refractivity contribution < 1.29 is 22.2 Å². The molecule has 2 heterocycles. The molecular weight excluding hydrogens is 630 g/mol. The number of nitrogens with zero attached hydrogens (tertiary/aromatic N) is 4. The molecule has 0 bridgehead atoms. The smallest absolute Gasteiger partial charge is 0.268 e. The van der Waals surface area contributed by atoms with Gasteiger partial charge in [0, 0.05) is 7.05 Å². The normalized spacial score (nSPS) is 21.1. The fourth-order valence-electron chi connectivity index (χ4n) is 4.47. The maximum Gasteiger partial charge on any atom is 0.417 e. The lowest BCUT2D eigenvalue weighted by atomic mass is 9.82. The van der Waals surface area contributed by atoms with E-state index in [1.807, 2.05) is 20.8 Å². The van der Waals surface area contributed by atoms with E-state index in [-0.39, 0.29) is 17.9 Å².